The highest BCUT2D eigenvalue weighted by atomic mass is 16.5. The van der Waals surface area contributed by atoms with E-state index in [1.165, 1.54) is 30.4 Å². The molecule has 0 bridgehead atoms. The van der Waals surface area contributed by atoms with E-state index in [0.717, 1.165) is 25.0 Å². The van der Waals surface area contributed by atoms with Gasteiger partial charge >= 0.3 is 0 Å². The van der Waals surface area contributed by atoms with Crippen molar-refractivity contribution in [2.45, 2.75) is 57.2 Å². The summed E-state index contributed by atoms with van der Waals surface area (Å²) >= 11 is 0. The predicted molar refractivity (Wildman–Crippen MR) is 84.3 cm³/mol. The van der Waals surface area contributed by atoms with Crippen LogP contribution in [0.1, 0.15) is 42.4 Å². The Bertz CT molecular complexity index is 595. The SMILES string of the molecule is NC1CC(NC(=O)Cc2ccc3c(c2)COCC3)C12CCC2. The smallest absolute Gasteiger partial charge is 0.224 e. The van der Waals surface area contributed by atoms with Gasteiger partial charge in [0, 0.05) is 17.5 Å². The van der Waals surface area contributed by atoms with Crippen LogP contribution in [0.3, 0.4) is 0 Å². The van der Waals surface area contributed by atoms with Crippen molar-refractivity contribution in [2.75, 3.05) is 6.61 Å². The maximum atomic E-state index is 12.3. The largest absolute Gasteiger partial charge is 0.376 e. The minimum atomic E-state index is 0.125. The summed E-state index contributed by atoms with van der Waals surface area (Å²) < 4.78 is 5.49. The Morgan fingerprint density at radius 2 is 2.23 bits per heavy atom. The molecule has 4 rings (SSSR count). The van der Waals surface area contributed by atoms with Crippen molar-refractivity contribution in [2.24, 2.45) is 11.1 Å². The number of amides is 1. The van der Waals surface area contributed by atoms with E-state index >= 15 is 0 Å². The third kappa shape index (κ3) is 2.25. The van der Waals surface area contributed by atoms with Crippen molar-refractivity contribution in [3.63, 3.8) is 0 Å². The molecular formula is C18H24N2O2. The van der Waals surface area contributed by atoms with Crippen molar-refractivity contribution < 1.29 is 9.53 Å². The predicted octanol–water partition coefficient (Wildman–Crippen LogP) is 1.69. The third-order valence-electron chi connectivity index (χ3n) is 5.95. The van der Waals surface area contributed by atoms with Crippen LogP contribution in [0, 0.1) is 5.41 Å². The molecule has 0 saturated heterocycles. The Balaban J connectivity index is 1.38. The van der Waals surface area contributed by atoms with Crippen LogP contribution in [0.15, 0.2) is 18.2 Å². The average molecular weight is 300 g/mol. The van der Waals surface area contributed by atoms with Crippen molar-refractivity contribution in [1.29, 1.82) is 0 Å². The number of nitrogens with one attached hydrogen (secondary N) is 1. The molecule has 2 fully saturated rings. The maximum absolute atomic E-state index is 12.3. The van der Waals surface area contributed by atoms with Crippen LogP contribution in [0.5, 0.6) is 0 Å². The molecule has 22 heavy (non-hydrogen) atoms. The van der Waals surface area contributed by atoms with Gasteiger partial charge in [0.25, 0.3) is 0 Å². The van der Waals surface area contributed by atoms with Crippen LogP contribution >= 0.6 is 0 Å². The van der Waals surface area contributed by atoms with Gasteiger partial charge in [-0.3, -0.25) is 4.79 Å². The monoisotopic (exact) mass is 300 g/mol. The molecule has 2 unspecified atom stereocenters. The van der Waals surface area contributed by atoms with Crippen LogP contribution in [0.25, 0.3) is 0 Å². The molecule has 2 saturated carbocycles. The highest BCUT2D eigenvalue weighted by Crippen LogP contribution is 2.55. The zero-order valence-corrected chi connectivity index (χ0v) is 12.9. The van der Waals surface area contributed by atoms with Crippen LogP contribution in [0.4, 0.5) is 0 Å². The molecule has 1 spiro atoms. The van der Waals surface area contributed by atoms with E-state index in [9.17, 15) is 4.79 Å². The lowest BCUT2D eigenvalue weighted by molar-refractivity contribution is -0.127. The molecule has 2 aliphatic carbocycles. The van der Waals surface area contributed by atoms with Gasteiger partial charge in [-0.1, -0.05) is 24.6 Å². The maximum Gasteiger partial charge on any atom is 0.224 e. The Kier molecular flexibility index (Phi) is 3.46. The first kappa shape index (κ1) is 14.2. The Hall–Kier alpha value is -1.39. The zero-order valence-electron chi connectivity index (χ0n) is 12.9. The van der Waals surface area contributed by atoms with Gasteiger partial charge in [-0.05, 0) is 42.4 Å². The Morgan fingerprint density at radius 1 is 1.36 bits per heavy atom. The van der Waals surface area contributed by atoms with E-state index in [1.54, 1.807) is 0 Å². The lowest BCUT2D eigenvalue weighted by Gasteiger charge is -2.60. The average Bonchev–Trinajstić information content (AvgIpc) is 2.44. The molecule has 4 nitrogen and oxygen atoms in total. The second-order valence-corrected chi connectivity index (χ2v) is 7.13. The minimum absolute atomic E-state index is 0.125. The second-order valence-electron chi connectivity index (χ2n) is 7.13. The number of ether oxygens (including phenoxy) is 1. The van der Waals surface area contributed by atoms with Gasteiger partial charge in [-0.25, -0.2) is 0 Å². The second kappa shape index (κ2) is 5.36. The molecule has 4 heteroatoms. The van der Waals surface area contributed by atoms with Gasteiger partial charge in [-0.15, -0.1) is 0 Å². The van der Waals surface area contributed by atoms with Crippen LogP contribution < -0.4 is 11.1 Å². The van der Waals surface area contributed by atoms with E-state index in [-0.39, 0.29) is 17.4 Å². The van der Waals surface area contributed by atoms with Gasteiger partial charge in [0.1, 0.15) is 0 Å². The fraction of sp³-hybridized carbons (Fsp3) is 0.611. The van der Waals surface area contributed by atoms with Gasteiger partial charge in [-0.2, -0.15) is 0 Å². The molecule has 1 aromatic carbocycles. The first-order valence-corrected chi connectivity index (χ1v) is 8.41. The summed E-state index contributed by atoms with van der Waals surface area (Å²) in [6.07, 6.45) is 5.97. The molecule has 1 amide bonds. The normalized spacial score (nSPS) is 28.4. The quantitative estimate of drug-likeness (QED) is 0.893. The molecule has 0 aromatic heterocycles. The van der Waals surface area contributed by atoms with Crippen molar-refractivity contribution in [3.8, 4) is 0 Å². The molecule has 1 aliphatic heterocycles. The fourth-order valence-corrected chi connectivity index (χ4v) is 4.29. The fourth-order valence-electron chi connectivity index (χ4n) is 4.29. The molecule has 3 aliphatic rings. The summed E-state index contributed by atoms with van der Waals surface area (Å²) in [5.74, 6) is 0.125. The number of rotatable bonds is 3. The summed E-state index contributed by atoms with van der Waals surface area (Å²) in [6, 6.07) is 6.93. The minimum Gasteiger partial charge on any atom is -0.376 e. The van der Waals surface area contributed by atoms with Gasteiger partial charge in [0.15, 0.2) is 0 Å². The van der Waals surface area contributed by atoms with E-state index in [1.807, 2.05) is 0 Å². The van der Waals surface area contributed by atoms with Crippen LogP contribution in [-0.2, 0) is 29.0 Å². The zero-order chi connectivity index (χ0) is 15.2. The lowest BCUT2D eigenvalue weighted by atomic mass is 9.50. The van der Waals surface area contributed by atoms with Crippen molar-refractivity contribution >= 4 is 5.91 Å². The number of benzene rings is 1. The number of nitrogens with two attached hydrogens (primary N) is 1. The van der Waals surface area contributed by atoms with Crippen molar-refractivity contribution in [1.82, 2.24) is 5.32 Å². The van der Waals surface area contributed by atoms with Gasteiger partial charge < -0.3 is 15.8 Å². The number of fused-ring (bicyclic) bond motifs is 1. The third-order valence-corrected chi connectivity index (χ3v) is 5.95. The number of hydrogen-bond acceptors (Lipinski definition) is 3. The molecule has 0 radical (unpaired) electrons. The first-order valence-electron chi connectivity index (χ1n) is 8.41. The summed E-state index contributed by atoms with van der Waals surface area (Å²) in [6.45, 7) is 1.47. The Labute approximate surface area is 131 Å². The van der Waals surface area contributed by atoms with Gasteiger partial charge in [0.05, 0.1) is 19.6 Å². The highest BCUT2D eigenvalue weighted by Gasteiger charge is 2.56. The van der Waals surface area contributed by atoms with E-state index in [4.69, 9.17) is 10.5 Å². The molecule has 1 aromatic rings. The topological polar surface area (TPSA) is 64.3 Å². The van der Waals surface area contributed by atoms with E-state index in [2.05, 4.69) is 23.5 Å². The Morgan fingerprint density at radius 3 is 2.95 bits per heavy atom. The summed E-state index contributed by atoms with van der Waals surface area (Å²) in [7, 11) is 0. The molecule has 1 heterocycles. The molecule has 2 atom stereocenters. The standard InChI is InChI=1S/C18H24N2O2/c19-15-10-16(18(15)5-1-6-18)20-17(21)9-12-2-3-13-4-7-22-11-14(13)8-12/h2-3,8,15-16H,1,4-7,9-11,19H2,(H,20,21). The van der Waals surface area contributed by atoms with Gasteiger partial charge in [0.2, 0.25) is 5.91 Å². The number of carbonyl (C=O) groups is 1. The van der Waals surface area contributed by atoms with Crippen molar-refractivity contribution in [3.05, 3.63) is 34.9 Å². The number of hydrogen-bond donors (Lipinski definition) is 2. The first-order chi connectivity index (χ1) is 10.7. The lowest BCUT2D eigenvalue weighted by Crippen LogP contribution is -2.69. The van der Waals surface area contributed by atoms with E-state index in [0.29, 0.717) is 19.1 Å². The van der Waals surface area contributed by atoms with Crippen LogP contribution in [-0.4, -0.2) is 24.6 Å². The molecule has 3 N–H and O–H groups in total. The van der Waals surface area contributed by atoms with Crippen LogP contribution in [0.2, 0.25) is 0 Å². The number of carbonyl (C=O) groups excluding carboxylic acids is 1. The summed E-state index contributed by atoms with van der Waals surface area (Å²) in [4.78, 5) is 12.3. The van der Waals surface area contributed by atoms with E-state index < -0.39 is 0 Å². The summed E-state index contributed by atoms with van der Waals surface area (Å²) in [5.41, 5.74) is 10.0. The summed E-state index contributed by atoms with van der Waals surface area (Å²) in [5, 5.41) is 3.22. The molecule has 118 valence electrons. The highest BCUT2D eigenvalue weighted by molar-refractivity contribution is 5.79. The molecular weight excluding hydrogens is 276 g/mol.